The quantitative estimate of drug-likeness (QED) is 0.408. The summed E-state index contributed by atoms with van der Waals surface area (Å²) < 4.78 is 12.6. The number of ether oxygens (including phenoxy) is 1. The van der Waals surface area contributed by atoms with Crippen molar-refractivity contribution in [2.24, 2.45) is 5.10 Å². The number of hydrogen-bond acceptors (Lipinski definition) is 5. The Morgan fingerprint density at radius 2 is 1.73 bits per heavy atom. The van der Waals surface area contributed by atoms with E-state index in [4.69, 9.17) is 9.15 Å². The van der Waals surface area contributed by atoms with Crippen LogP contribution in [0.3, 0.4) is 0 Å². The number of benzene rings is 3. The van der Waals surface area contributed by atoms with Crippen molar-refractivity contribution in [3.8, 4) is 5.75 Å². The number of furan rings is 1. The molecule has 0 unspecified atom stereocenters. The van der Waals surface area contributed by atoms with Crippen LogP contribution >= 0.6 is 0 Å². The second-order valence-corrected chi connectivity index (χ2v) is 6.69. The van der Waals surface area contributed by atoms with Gasteiger partial charge in [0.25, 0.3) is 5.56 Å². The number of nitrogens with zero attached hydrogens (tertiary/aromatic N) is 3. The maximum atomic E-state index is 13.1. The molecule has 0 saturated heterocycles. The highest BCUT2D eigenvalue weighted by Gasteiger charge is 2.12. The minimum absolute atomic E-state index is 0.0869. The Morgan fingerprint density at radius 1 is 0.933 bits per heavy atom. The molecule has 5 rings (SSSR count). The van der Waals surface area contributed by atoms with Crippen molar-refractivity contribution in [1.82, 2.24) is 9.66 Å². The predicted molar refractivity (Wildman–Crippen MR) is 116 cm³/mol. The molecule has 0 fully saturated rings. The third-order valence-corrected chi connectivity index (χ3v) is 4.77. The normalized spacial score (nSPS) is 11.5. The zero-order chi connectivity index (χ0) is 20.3. The van der Waals surface area contributed by atoms with Crippen molar-refractivity contribution in [1.29, 1.82) is 0 Å². The number of aromatic nitrogens is 2. The van der Waals surface area contributed by atoms with Crippen molar-refractivity contribution >= 4 is 27.9 Å². The van der Waals surface area contributed by atoms with E-state index in [1.807, 2.05) is 48.5 Å². The lowest BCUT2D eigenvalue weighted by Gasteiger charge is -2.12. The maximum absolute atomic E-state index is 13.1. The molecule has 0 radical (unpaired) electrons. The first kappa shape index (κ1) is 17.9. The first-order chi connectivity index (χ1) is 14.8. The first-order valence-corrected chi connectivity index (χ1v) is 9.49. The Hall–Kier alpha value is -4.19. The lowest BCUT2D eigenvalue weighted by molar-refractivity contribution is 0.293. The molecule has 6 heteroatoms. The first-order valence-electron chi connectivity index (χ1n) is 9.49. The van der Waals surface area contributed by atoms with Crippen LogP contribution in [0.25, 0.3) is 21.7 Å². The van der Waals surface area contributed by atoms with E-state index in [-0.39, 0.29) is 12.2 Å². The molecule has 0 bridgehead atoms. The lowest BCUT2D eigenvalue weighted by Crippen LogP contribution is -2.23. The summed E-state index contributed by atoms with van der Waals surface area (Å²) in [4.78, 5) is 17.7. The van der Waals surface area contributed by atoms with Crippen LogP contribution in [0.15, 0.2) is 99.4 Å². The number of hydrogen-bond donors (Lipinski definition) is 0. The Kier molecular flexibility index (Phi) is 4.57. The van der Waals surface area contributed by atoms with Gasteiger partial charge in [-0.2, -0.15) is 9.78 Å². The van der Waals surface area contributed by atoms with E-state index >= 15 is 0 Å². The fourth-order valence-corrected chi connectivity index (χ4v) is 3.33. The van der Waals surface area contributed by atoms with E-state index in [0.29, 0.717) is 22.5 Å². The van der Waals surface area contributed by atoms with Gasteiger partial charge < -0.3 is 9.15 Å². The third-order valence-electron chi connectivity index (χ3n) is 4.77. The summed E-state index contributed by atoms with van der Waals surface area (Å²) in [6.45, 7) is 0.0869. The molecule has 6 nitrogen and oxygen atoms in total. The monoisotopic (exact) mass is 395 g/mol. The van der Waals surface area contributed by atoms with E-state index in [1.54, 1.807) is 36.6 Å². The van der Waals surface area contributed by atoms with E-state index < -0.39 is 0 Å². The summed E-state index contributed by atoms with van der Waals surface area (Å²) in [5, 5.41) is 6.88. The van der Waals surface area contributed by atoms with Gasteiger partial charge in [-0.1, -0.05) is 48.5 Å². The second-order valence-electron chi connectivity index (χ2n) is 6.69. The highest BCUT2D eigenvalue weighted by molar-refractivity contribution is 5.88. The molecule has 30 heavy (non-hydrogen) atoms. The Balaban J connectivity index is 1.57. The summed E-state index contributed by atoms with van der Waals surface area (Å²) in [6, 6.07) is 24.6. The predicted octanol–water partition coefficient (Wildman–Crippen LogP) is 4.60. The van der Waals surface area contributed by atoms with Crippen LogP contribution < -0.4 is 10.3 Å². The minimum Gasteiger partial charge on any atom is -0.485 e. The zero-order valence-electron chi connectivity index (χ0n) is 15.9. The van der Waals surface area contributed by atoms with Gasteiger partial charge in [0.05, 0.1) is 23.4 Å². The van der Waals surface area contributed by atoms with Crippen LogP contribution in [0, 0.1) is 0 Å². The summed E-state index contributed by atoms with van der Waals surface area (Å²) >= 11 is 0. The molecule has 0 N–H and O–H groups in total. The fourth-order valence-electron chi connectivity index (χ4n) is 3.33. The molecule has 2 aromatic heterocycles. The summed E-state index contributed by atoms with van der Waals surface area (Å²) in [7, 11) is 0. The summed E-state index contributed by atoms with van der Waals surface area (Å²) in [5.74, 6) is 1.66. The van der Waals surface area contributed by atoms with Gasteiger partial charge in [0.15, 0.2) is 5.82 Å². The Labute approximate surface area is 171 Å². The molecule has 0 aliphatic heterocycles. The van der Waals surface area contributed by atoms with Gasteiger partial charge in [-0.25, -0.2) is 4.98 Å². The average molecular weight is 395 g/mol. The van der Waals surface area contributed by atoms with E-state index in [2.05, 4.69) is 10.1 Å². The average Bonchev–Trinajstić information content (AvgIpc) is 3.31. The van der Waals surface area contributed by atoms with Gasteiger partial charge in [0.1, 0.15) is 18.1 Å². The van der Waals surface area contributed by atoms with Crippen LogP contribution in [0.2, 0.25) is 0 Å². The Bertz CT molecular complexity index is 1410. The Morgan fingerprint density at radius 3 is 2.60 bits per heavy atom. The van der Waals surface area contributed by atoms with Crippen molar-refractivity contribution in [3.05, 3.63) is 107 Å². The minimum atomic E-state index is -0.264. The summed E-state index contributed by atoms with van der Waals surface area (Å²) in [5.41, 5.74) is 0.336. The topological polar surface area (TPSA) is 69.6 Å². The van der Waals surface area contributed by atoms with Crippen LogP contribution in [-0.2, 0) is 6.61 Å². The molecule has 0 amide bonds. The van der Waals surface area contributed by atoms with Gasteiger partial charge in [-0.15, -0.1) is 0 Å². The van der Waals surface area contributed by atoms with Gasteiger partial charge in [-0.05, 0) is 35.7 Å². The van der Waals surface area contributed by atoms with Gasteiger partial charge in [0.2, 0.25) is 0 Å². The molecule has 0 saturated carbocycles. The molecule has 2 heterocycles. The van der Waals surface area contributed by atoms with Crippen LogP contribution in [0.5, 0.6) is 5.75 Å². The molecule has 0 atom stereocenters. The number of fused-ring (bicyclic) bond motifs is 2. The molecule has 0 spiro atoms. The van der Waals surface area contributed by atoms with Crippen molar-refractivity contribution in [3.63, 3.8) is 0 Å². The highest BCUT2D eigenvalue weighted by atomic mass is 16.5. The van der Waals surface area contributed by atoms with Crippen LogP contribution in [0.4, 0.5) is 0 Å². The molecule has 3 aromatic carbocycles. The fraction of sp³-hybridized carbons (Fsp3) is 0.0417. The summed E-state index contributed by atoms with van der Waals surface area (Å²) in [6.07, 6.45) is 3.03. The molecule has 0 aliphatic rings. The molecule has 0 aliphatic carbocycles. The van der Waals surface area contributed by atoms with Gasteiger partial charge in [-0.3, -0.25) is 4.79 Å². The molecule has 5 aromatic rings. The lowest BCUT2D eigenvalue weighted by atomic mass is 10.1. The van der Waals surface area contributed by atoms with Crippen LogP contribution in [0.1, 0.15) is 11.6 Å². The standard InChI is InChI=1S/C24H17N3O3/c28-24-20-11-3-4-12-21(20)26-23(27(24)25-15-18-9-6-14-29-18)16-30-22-13-5-8-17-7-1-2-10-19(17)22/h1-15H,16H2/b25-15+. The number of para-hydroxylation sites is 1. The van der Waals surface area contributed by atoms with E-state index in [0.717, 1.165) is 16.5 Å². The largest absolute Gasteiger partial charge is 0.485 e. The van der Waals surface area contributed by atoms with Crippen molar-refractivity contribution in [2.75, 3.05) is 0 Å². The van der Waals surface area contributed by atoms with Gasteiger partial charge in [0, 0.05) is 5.39 Å². The molecular formula is C24H17N3O3. The van der Waals surface area contributed by atoms with E-state index in [1.165, 1.54) is 10.9 Å². The van der Waals surface area contributed by atoms with Gasteiger partial charge >= 0.3 is 0 Å². The van der Waals surface area contributed by atoms with E-state index in [9.17, 15) is 4.79 Å². The van der Waals surface area contributed by atoms with Crippen LogP contribution in [-0.4, -0.2) is 15.9 Å². The smallest absolute Gasteiger partial charge is 0.282 e. The maximum Gasteiger partial charge on any atom is 0.282 e. The molecular weight excluding hydrogens is 378 g/mol. The number of rotatable bonds is 5. The highest BCUT2D eigenvalue weighted by Crippen LogP contribution is 2.25. The van der Waals surface area contributed by atoms with Crippen molar-refractivity contribution < 1.29 is 9.15 Å². The molecule has 146 valence electrons. The second kappa shape index (κ2) is 7.67. The third kappa shape index (κ3) is 3.35. The SMILES string of the molecule is O=c1c2ccccc2nc(COc2cccc3ccccc23)n1/N=C/c1ccco1. The zero-order valence-corrected chi connectivity index (χ0v) is 15.9. The van der Waals surface area contributed by atoms with Crippen molar-refractivity contribution in [2.45, 2.75) is 6.61 Å².